The number of Topliss-reactive ketones (excluding diaryl/α,β-unsaturated/α-hetero) is 1. The van der Waals surface area contributed by atoms with E-state index in [1.54, 1.807) is 11.8 Å². The third-order valence-corrected chi connectivity index (χ3v) is 4.04. The van der Waals surface area contributed by atoms with Crippen molar-refractivity contribution in [2.75, 3.05) is 45.9 Å². The first-order chi connectivity index (χ1) is 11.6. The van der Waals surface area contributed by atoms with Crippen LogP contribution in [0.3, 0.4) is 0 Å². The lowest BCUT2D eigenvalue weighted by atomic mass is 10.1. The number of ketones is 1. The Morgan fingerprint density at radius 3 is 2.12 bits per heavy atom. The van der Waals surface area contributed by atoms with Gasteiger partial charge in [0, 0.05) is 44.7 Å². The van der Waals surface area contributed by atoms with Crippen LogP contribution in [0.4, 0.5) is 4.79 Å². The fraction of sp³-hybridized carbons (Fsp3) is 0.556. The van der Waals surface area contributed by atoms with Gasteiger partial charge < -0.3 is 14.4 Å². The van der Waals surface area contributed by atoms with Crippen LogP contribution in [0, 0.1) is 0 Å². The quantitative estimate of drug-likeness (QED) is 0.650. The maximum atomic E-state index is 12.3. The lowest BCUT2D eigenvalue weighted by molar-refractivity contribution is 0.0764. The van der Waals surface area contributed by atoms with Gasteiger partial charge in [-0.15, -0.1) is 24.8 Å². The maximum absolute atomic E-state index is 12.3. The molecule has 0 atom stereocenters. The summed E-state index contributed by atoms with van der Waals surface area (Å²) in [5.74, 6) is 0.912. The molecule has 0 bridgehead atoms. The number of amides is 1. The predicted octanol–water partition coefficient (Wildman–Crippen LogP) is 3.28. The number of hydrogen-bond donors (Lipinski definition) is 0. The molecule has 0 aliphatic carbocycles. The van der Waals surface area contributed by atoms with Crippen LogP contribution in [0.2, 0.25) is 0 Å². The van der Waals surface area contributed by atoms with Crippen LogP contribution in [-0.2, 0) is 4.74 Å². The molecule has 1 aromatic carbocycles. The summed E-state index contributed by atoms with van der Waals surface area (Å²) in [6, 6.07) is 7.28. The van der Waals surface area contributed by atoms with Gasteiger partial charge in [0.2, 0.25) is 0 Å². The molecular weight excluding hydrogens is 379 g/mol. The van der Waals surface area contributed by atoms with Gasteiger partial charge in [0.15, 0.2) is 5.78 Å². The maximum Gasteiger partial charge on any atom is 0.409 e. The van der Waals surface area contributed by atoms with Gasteiger partial charge in [-0.1, -0.05) is 0 Å². The Hall–Kier alpha value is -1.50. The first kappa shape index (κ1) is 24.5. The largest absolute Gasteiger partial charge is 0.494 e. The van der Waals surface area contributed by atoms with Crippen molar-refractivity contribution < 1.29 is 19.1 Å². The van der Waals surface area contributed by atoms with E-state index in [-0.39, 0.29) is 36.7 Å². The SMILES string of the molecule is CCOC(=O)N1CCN(CCC(=O)c2ccc(OCC)cc2)CC1.Cl.Cl. The first-order valence-corrected chi connectivity index (χ1v) is 8.54. The van der Waals surface area contributed by atoms with Crippen molar-refractivity contribution in [2.24, 2.45) is 0 Å². The van der Waals surface area contributed by atoms with Gasteiger partial charge in [-0.05, 0) is 38.1 Å². The van der Waals surface area contributed by atoms with E-state index in [0.29, 0.717) is 44.8 Å². The molecule has 1 amide bonds. The van der Waals surface area contributed by atoms with Crippen LogP contribution >= 0.6 is 24.8 Å². The Morgan fingerprint density at radius 1 is 0.962 bits per heavy atom. The number of benzene rings is 1. The molecule has 148 valence electrons. The summed E-state index contributed by atoms with van der Waals surface area (Å²) >= 11 is 0. The van der Waals surface area contributed by atoms with Crippen molar-refractivity contribution in [1.29, 1.82) is 0 Å². The average Bonchev–Trinajstić information content (AvgIpc) is 2.61. The molecule has 8 heteroatoms. The van der Waals surface area contributed by atoms with Gasteiger partial charge in [0.05, 0.1) is 13.2 Å². The summed E-state index contributed by atoms with van der Waals surface area (Å²) in [6.07, 6.45) is 0.232. The van der Waals surface area contributed by atoms with Crippen LogP contribution in [0.25, 0.3) is 0 Å². The molecule has 26 heavy (non-hydrogen) atoms. The zero-order valence-electron chi connectivity index (χ0n) is 15.3. The summed E-state index contributed by atoms with van der Waals surface area (Å²) in [6.45, 7) is 8.31. The zero-order chi connectivity index (χ0) is 17.4. The average molecular weight is 407 g/mol. The number of hydrogen-bond acceptors (Lipinski definition) is 5. The Bertz CT molecular complexity index is 547. The lowest BCUT2D eigenvalue weighted by Crippen LogP contribution is -2.49. The number of rotatable bonds is 7. The van der Waals surface area contributed by atoms with E-state index in [1.807, 2.05) is 31.2 Å². The van der Waals surface area contributed by atoms with Crippen molar-refractivity contribution in [2.45, 2.75) is 20.3 Å². The summed E-state index contributed by atoms with van der Waals surface area (Å²) in [7, 11) is 0. The standard InChI is InChI=1S/C18H26N2O4.2ClH/c1-3-23-16-7-5-15(6-8-16)17(21)9-10-19-11-13-20(14-12-19)18(22)24-4-2;;/h5-8H,3-4,9-14H2,1-2H3;2*1H. The van der Waals surface area contributed by atoms with Crippen LogP contribution in [0.1, 0.15) is 30.6 Å². The zero-order valence-corrected chi connectivity index (χ0v) is 16.9. The molecule has 6 nitrogen and oxygen atoms in total. The molecular formula is C18H28Cl2N2O4. The Labute approximate surface area is 167 Å². The molecule has 1 aliphatic heterocycles. The van der Waals surface area contributed by atoms with Crippen molar-refractivity contribution >= 4 is 36.7 Å². The highest BCUT2D eigenvalue weighted by Gasteiger charge is 2.22. The van der Waals surface area contributed by atoms with Crippen molar-refractivity contribution in [3.63, 3.8) is 0 Å². The van der Waals surface area contributed by atoms with Gasteiger partial charge in [0.25, 0.3) is 0 Å². The van der Waals surface area contributed by atoms with E-state index in [0.717, 1.165) is 18.8 Å². The van der Waals surface area contributed by atoms with Gasteiger partial charge in [0.1, 0.15) is 5.75 Å². The van der Waals surface area contributed by atoms with Gasteiger partial charge >= 0.3 is 6.09 Å². The summed E-state index contributed by atoms with van der Waals surface area (Å²) in [4.78, 5) is 27.8. The highest BCUT2D eigenvalue weighted by Crippen LogP contribution is 2.14. The van der Waals surface area contributed by atoms with Gasteiger partial charge in [-0.25, -0.2) is 4.79 Å². The van der Waals surface area contributed by atoms with Crippen LogP contribution in [0.5, 0.6) is 5.75 Å². The molecule has 1 heterocycles. The number of carbonyl (C=O) groups excluding carboxylic acids is 2. The van der Waals surface area contributed by atoms with E-state index in [2.05, 4.69) is 4.90 Å². The molecule has 1 aromatic rings. The summed E-state index contributed by atoms with van der Waals surface area (Å²) < 4.78 is 10.4. The van der Waals surface area contributed by atoms with E-state index < -0.39 is 0 Å². The predicted molar refractivity (Wildman–Crippen MR) is 106 cm³/mol. The number of nitrogens with zero attached hydrogens (tertiary/aromatic N) is 2. The minimum absolute atomic E-state index is 0. The van der Waals surface area contributed by atoms with Crippen molar-refractivity contribution in [3.05, 3.63) is 29.8 Å². The van der Waals surface area contributed by atoms with Crippen LogP contribution in [0.15, 0.2) is 24.3 Å². The van der Waals surface area contributed by atoms with E-state index in [4.69, 9.17) is 9.47 Å². The normalized spacial score (nSPS) is 14.0. The number of halogens is 2. The summed E-state index contributed by atoms with van der Waals surface area (Å²) in [5, 5.41) is 0. The number of carbonyl (C=O) groups is 2. The molecule has 1 saturated heterocycles. The molecule has 0 aromatic heterocycles. The Kier molecular flexibility index (Phi) is 12.1. The highest BCUT2D eigenvalue weighted by atomic mass is 35.5. The van der Waals surface area contributed by atoms with Gasteiger partial charge in [-0.2, -0.15) is 0 Å². The van der Waals surface area contributed by atoms with E-state index in [9.17, 15) is 9.59 Å². The fourth-order valence-electron chi connectivity index (χ4n) is 2.68. The van der Waals surface area contributed by atoms with E-state index in [1.165, 1.54) is 0 Å². The molecule has 0 unspecified atom stereocenters. The Balaban J connectivity index is 0.00000312. The number of ether oxygens (including phenoxy) is 2. The van der Waals surface area contributed by atoms with Crippen molar-refractivity contribution in [3.8, 4) is 5.75 Å². The fourth-order valence-corrected chi connectivity index (χ4v) is 2.68. The highest BCUT2D eigenvalue weighted by molar-refractivity contribution is 5.96. The lowest BCUT2D eigenvalue weighted by Gasteiger charge is -2.33. The van der Waals surface area contributed by atoms with Crippen LogP contribution < -0.4 is 4.74 Å². The second kappa shape index (κ2) is 12.8. The minimum atomic E-state index is -0.248. The summed E-state index contributed by atoms with van der Waals surface area (Å²) in [5.41, 5.74) is 0.712. The molecule has 0 saturated carbocycles. The minimum Gasteiger partial charge on any atom is -0.494 e. The topological polar surface area (TPSA) is 59.1 Å². The molecule has 0 radical (unpaired) electrons. The molecule has 1 fully saturated rings. The third-order valence-electron chi connectivity index (χ3n) is 4.04. The van der Waals surface area contributed by atoms with Gasteiger partial charge in [-0.3, -0.25) is 9.69 Å². The smallest absolute Gasteiger partial charge is 0.409 e. The number of piperazine rings is 1. The van der Waals surface area contributed by atoms with Crippen LogP contribution in [-0.4, -0.2) is 67.6 Å². The van der Waals surface area contributed by atoms with Crippen molar-refractivity contribution in [1.82, 2.24) is 9.80 Å². The molecule has 0 spiro atoms. The molecule has 0 N–H and O–H groups in total. The second-order valence-electron chi connectivity index (χ2n) is 5.66. The first-order valence-electron chi connectivity index (χ1n) is 8.54. The monoisotopic (exact) mass is 406 g/mol. The Morgan fingerprint density at radius 2 is 1.58 bits per heavy atom. The molecule has 1 aliphatic rings. The molecule has 2 rings (SSSR count). The second-order valence-corrected chi connectivity index (χ2v) is 5.66. The van der Waals surface area contributed by atoms with E-state index >= 15 is 0 Å². The third kappa shape index (κ3) is 7.40.